The minimum absolute atomic E-state index is 0.163. The van der Waals surface area contributed by atoms with Gasteiger partial charge in [-0.3, -0.25) is 0 Å². The third-order valence-corrected chi connectivity index (χ3v) is 12.4. The van der Waals surface area contributed by atoms with Crippen LogP contribution in [0.15, 0.2) is 36.4 Å². The van der Waals surface area contributed by atoms with Crippen LogP contribution in [0.25, 0.3) is 0 Å². The van der Waals surface area contributed by atoms with E-state index < -0.39 is 35.5 Å². The molecule has 0 radical (unpaired) electrons. The van der Waals surface area contributed by atoms with Crippen LogP contribution in [0, 0.1) is 46.9 Å². The second-order valence-electron chi connectivity index (χ2n) is 16.4. The lowest BCUT2D eigenvalue weighted by molar-refractivity contribution is -0.0910. The Kier molecular flexibility index (Phi) is 19.5. The van der Waals surface area contributed by atoms with Gasteiger partial charge in [0.25, 0.3) is 0 Å². The van der Waals surface area contributed by atoms with Gasteiger partial charge >= 0.3 is 0 Å². The Balaban J connectivity index is 1.38. The minimum atomic E-state index is -0.865. The fourth-order valence-electron chi connectivity index (χ4n) is 9.15. The molecule has 0 bridgehead atoms. The van der Waals surface area contributed by atoms with Crippen LogP contribution >= 0.6 is 0 Å². The molecule has 2 aromatic rings. The number of halogens is 4. The van der Waals surface area contributed by atoms with E-state index in [1.54, 1.807) is 12.1 Å². The van der Waals surface area contributed by atoms with Gasteiger partial charge in [-0.2, -0.15) is 0 Å². The van der Waals surface area contributed by atoms with Crippen LogP contribution in [0.5, 0.6) is 0 Å². The topological polar surface area (TPSA) is 9.23 Å². The van der Waals surface area contributed by atoms with Crippen LogP contribution in [0.3, 0.4) is 0 Å². The molecule has 2 fully saturated rings. The maximum Gasteiger partial charge on any atom is 0.159 e. The normalized spacial score (nSPS) is 22.2. The number of hydrogen-bond acceptors (Lipinski definition) is 1. The van der Waals surface area contributed by atoms with Crippen molar-refractivity contribution < 1.29 is 22.3 Å². The highest BCUT2D eigenvalue weighted by Gasteiger charge is 2.36. The van der Waals surface area contributed by atoms with E-state index in [-0.39, 0.29) is 11.8 Å². The zero-order chi connectivity index (χ0) is 36.3. The van der Waals surface area contributed by atoms with Gasteiger partial charge in [0.2, 0.25) is 0 Å². The summed E-state index contributed by atoms with van der Waals surface area (Å²) < 4.78 is 64.8. The molecule has 0 aromatic heterocycles. The highest BCUT2D eigenvalue weighted by Crippen LogP contribution is 2.47. The highest BCUT2D eigenvalue weighted by atomic mass is 19.2. The molecule has 1 nitrogen and oxygen atoms in total. The van der Waals surface area contributed by atoms with Crippen LogP contribution in [-0.2, 0) is 4.74 Å². The van der Waals surface area contributed by atoms with Crippen molar-refractivity contribution in [1.29, 1.82) is 0 Å². The maximum atomic E-state index is 14.7. The molecule has 0 N–H and O–H groups in total. The first-order valence-corrected chi connectivity index (χ1v) is 21.4. The SMILES string of the molecule is CCCCCCCCCCC1CCC(C(OC(c2ccc(F)c(F)c2)C2CCC(CCCCCCCCCC)CC2)c2ccc(F)c(F)c2)CC1. The summed E-state index contributed by atoms with van der Waals surface area (Å²) in [5, 5.41) is 0. The fraction of sp³-hybridized carbons (Fsp3) is 0.739. The average molecular weight is 715 g/mol. The molecule has 51 heavy (non-hydrogen) atoms. The van der Waals surface area contributed by atoms with Gasteiger partial charge in [-0.15, -0.1) is 0 Å². The van der Waals surface area contributed by atoms with E-state index in [4.69, 9.17) is 4.74 Å². The van der Waals surface area contributed by atoms with E-state index in [9.17, 15) is 17.6 Å². The van der Waals surface area contributed by atoms with Crippen LogP contribution in [0.2, 0.25) is 0 Å². The quantitative estimate of drug-likeness (QED) is 0.0777. The third kappa shape index (κ3) is 14.5. The summed E-state index contributed by atoms with van der Waals surface area (Å²) in [7, 11) is 0. The first-order valence-electron chi connectivity index (χ1n) is 21.4. The summed E-state index contributed by atoms with van der Waals surface area (Å²) in [6.45, 7) is 4.52. The van der Waals surface area contributed by atoms with Crippen LogP contribution < -0.4 is 0 Å². The first kappa shape index (κ1) is 41.9. The predicted molar refractivity (Wildman–Crippen MR) is 205 cm³/mol. The molecule has 5 heteroatoms. The van der Waals surface area contributed by atoms with Crippen molar-refractivity contribution in [3.8, 4) is 0 Å². The van der Waals surface area contributed by atoms with E-state index in [0.717, 1.165) is 51.4 Å². The van der Waals surface area contributed by atoms with E-state index in [1.807, 2.05) is 0 Å². The van der Waals surface area contributed by atoms with Crippen LogP contribution in [0.1, 0.15) is 204 Å². The van der Waals surface area contributed by atoms with Gasteiger partial charge in [0.15, 0.2) is 23.3 Å². The molecule has 0 saturated heterocycles. The van der Waals surface area contributed by atoms with Gasteiger partial charge in [0.05, 0.1) is 12.2 Å². The average Bonchev–Trinajstić information content (AvgIpc) is 3.14. The number of unbranched alkanes of at least 4 members (excludes halogenated alkanes) is 14. The van der Waals surface area contributed by atoms with E-state index >= 15 is 0 Å². The largest absolute Gasteiger partial charge is 0.365 e. The Labute approximate surface area is 309 Å². The summed E-state index contributed by atoms with van der Waals surface area (Å²) in [6.07, 6.45) is 31.3. The second kappa shape index (κ2) is 23.7. The van der Waals surface area contributed by atoms with Crippen molar-refractivity contribution in [3.05, 3.63) is 70.8 Å². The standard InChI is InChI=1S/C46H70F4O/c1-3-5-7-9-11-13-15-17-19-35-21-25-37(26-22-35)45(39-29-31-41(47)43(49)33-39)51-46(40-30-32-42(48)44(50)34-40)38-27-23-36(24-28-38)20-18-16-14-12-10-8-6-4-2/h29-38,45-46H,3-28H2,1-2H3. The van der Waals surface area contributed by atoms with Crippen molar-refractivity contribution in [3.63, 3.8) is 0 Å². The summed E-state index contributed by atoms with van der Waals surface area (Å²) >= 11 is 0. The maximum absolute atomic E-state index is 14.7. The van der Waals surface area contributed by atoms with Crippen molar-refractivity contribution in [2.24, 2.45) is 23.7 Å². The molecule has 2 unspecified atom stereocenters. The van der Waals surface area contributed by atoms with Gasteiger partial charge in [-0.25, -0.2) is 17.6 Å². The van der Waals surface area contributed by atoms with E-state index in [2.05, 4.69) is 13.8 Å². The second-order valence-corrected chi connectivity index (χ2v) is 16.4. The summed E-state index contributed by atoms with van der Waals surface area (Å²) in [6, 6.07) is 8.35. The van der Waals surface area contributed by atoms with E-state index in [0.29, 0.717) is 23.0 Å². The molecule has 4 rings (SSSR count). The molecule has 2 atom stereocenters. The van der Waals surface area contributed by atoms with Crippen molar-refractivity contribution in [2.45, 2.75) is 193 Å². The van der Waals surface area contributed by atoms with Crippen molar-refractivity contribution in [2.75, 3.05) is 0 Å². The number of hydrogen-bond donors (Lipinski definition) is 0. The summed E-state index contributed by atoms with van der Waals surface area (Å²) in [5.41, 5.74) is 1.30. The van der Waals surface area contributed by atoms with E-state index in [1.165, 1.54) is 140 Å². The van der Waals surface area contributed by atoms with Crippen molar-refractivity contribution >= 4 is 0 Å². The van der Waals surface area contributed by atoms with Gasteiger partial charge < -0.3 is 4.74 Å². The Morgan fingerprint density at radius 2 is 0.784 bits per heavy atom. The van der Waals surface area contributed by atoms with Gasteiger partial charge in [-0.1, -0.05) is 167 Å². The number of rotatable bonds is 24. The smallest absolute Gasteiger partial charge is 0.159 e. The number of ether oxygens (including phenoxy) is 1. The van der Waals surface area contributed by atoms with Gasteiger partial charge in [-0.05, 0) is 84.7 Å². The molecule has 0 aliphatic heterocycles. The van der Waals surface area contributed by atoms with Gasteiger partial charge in [0, 0.05) is 0 Å². The zero-order valence-electron chi connectivity index (χ0n) is 32.2. The highest BCUT2D eigenvalue weighted by molar-refractivity contribution is 5.24. The Hall–Kier alpha value is -1.88. The summed E-state index contributed by atoms with van der Waals surface area (Å²) in [5.74, 6) is -1.73. The molecule has 2 aliphatic carbocycles. The number of benzene rings is 2. The first-order chi connectivity index (χ1) is 24.9. The molecular weight excluding hydrogens is 644 g/mol. The minimum Gasteiger partial charge on any atom is -0.365 e. The Bertz CT molecular complexity index is 1120. The van der Waals surface area contributed by atoms with Crippen LogP contribution in [0.4, 0.5) is 17.6 Å². The monoisotopic (exact) mass is 715 g/mol. The molecule has 2 saturated carbocycles. The Morgan fingerprint density at radius 3 is 1.12 bits per heavy atom. The Morgan fingerprint density at radius 1 is 0.451 bits per heavy atom. The lowest BCUT2D eigenvalue weighted by Crippen LogP contribution is -2.28. The summed E-state index contributed by atoms with van der Waals surface area (Å²) in [4.78, 5) is 0. The van der Waals surface area contributed by atoms with Crippen molar-refractivity contribution in [1.82, 2.24) is 0 Å². The molecule has 2 aliphatic rings. The fourth-order valence-corrected chi connectivity index (χ4v) is 9.15. The molecule has 288 valence electrons. The van der Waals surface area contributed by atoms with Crippen LogP contribution in [-0.4, -0.2) is 0 Å². The molecule has 2 aromatic carbocycles. The molecular formula is C46H70F4O. The third-order valence-electron chi connectivity index (χ3n) is 12.4. The lowest BCUT2D eigenvalue weighted by atomic mass is 9.74. The molecule has 0 spiro atoms. The van der Waals surface area contributed by atoms with Gasteiger partial charge in [0.1, 0.15) is 0 Å². The lowest BCUT2D eigenvalue weighted by Gasteiger charge is -2.40. The molecule has 0 heterocycles. The molecule has 0 amide bonds. The predicted octanol–water partition coefficient (Wildman–Crippen LogP) is 15.7. The zero-order valence-corrected chi connectivity index (χ0v) is 32.2.